The Morgan fingerprint density at radius 2 is 1.71 bits per heavy atom. The maximum Gasteiger partial charge on any atom is 0.338 e. The number of esters is 1. The number of amides is 1. The second-order valence-electron chi connectivity index (χ2n) is 6.02. The average molecular weight is 486 g/mol. The summed E-state index contributed by atoms with van der Waals surface area (Å²) < 4.78 is 6.02. The number of pyridine rings is 1. The predicted octanol–water partition coefficient (Wildman–Crippen LogP) is 4.71. The molecule has 0 radical (unpaired) electrons. The van der Waals surface area contributed by atoms with E-state index < -0.39 is 0 Å². The molecule has 28 heavy (non-hydrogen) atoms. The number of carbonyl (C=O) groups is 2. The van der Waals surface area contributed by atoms with Crippen LogP contribution in [0.25, 0.3) is 0 Å². The lowest BCUT2D eigenvalue weighted by molar-refractivity contribution is 0.0526. The molecule has 0 aliphatic rings. The van der Waals surface area contributed by atoms with Crippen molar-refractivity contribution in [1.82, 2.24) is 4.98 Å². The van der Waals surface area contributed by atoms with Crippen molar-refractivity contribution in [3.63, 3.8) is 0 Å². The number of carbonyl (C=O) groups excluding carboxylic acids is 2. The van der Waals surface area contributed by atoms with E-state index in [0.29, 0.717) is 30.0 Å². The maximum atomic E-state index is 13.2. The summed E-state index contributed by atoms with van der Waals surface area (Å²) in [5, 5.41) is 0. The van der Waals surface area contributed by atoms with Gasteiger partial charge in [0.2, 0.25) is 0 Å². The Kier molecular flexibility index (Phi) is 6.76. The largest absolute Gasteiger partial charge is 0.462 e. The second-order valence-corrected chi connectivity index (χ2v) is 7.27. The minimum atomic E-state index is -0.376. The molecule has 0 bridgehead atoms. The first kappa shape index (κ1) is 20.0. The van der Waals surface area contributed by atoms with E-state index in [9.17, 15) is 9.59 Å². The van der Waals surface area contributed by atoms with Gasteiger partial charge in [0, 0.05) is 27.2 Å². The molecular formula is C22H19IN2O3. The van der Waals surface area contributed by atoms with E-state index in [1.165, 1.54) is 0 Å². The third-order valence-corrected chi connectivity index (χ3v) is 4.77. The van der Waals surface area contributed by atoms with Crippen molar-refractivity contribution in [3.8, 4) is 0 Å². The number of hydrogen-bond donors (Lipinski definition) is 0. The summed E-state index contributed by atoms with van der Waals surface area (Å²) in [6, 6.07) is 18.1. The lowest BCUT2D eigenvalue weighted by atomic mass is 10.1. The third kappa shape index (κ3) is 4.95. The summed E-state index contributed by atoms with van der Waals surface area (Å²) in [6.45, 7) is 2.48. The van der Waals surface area contributed by atoms with Gasteiger partial charge in [-0.3, -0.25) is 9.78 Å². The highest BCUT2D eigenvalue weighted by molar-refractivity contribution is 14.1. The van der Waals surface area contributed by atoms with Crippen molar-refractivity contribution in [2.45, 2.75) is 13.5 Å². The highest BCUT2D eigenvalue weighted by Crippen LogP contribution is 2.22. The van der Waals surface area contributed by atoms with E-state index in [-0.39, 0.29) is 11.9 Å². The maximum absolute atomic E-state index is 13.2. The van der Waals surface area contributed by atoms with E-state index in [2.05, 4.69) is 27.6 Å². The Labute approximate surface area is 177 Å². The zero-order chi connectivity index (χ0) is 19.9. The van der Waals surface area contributed by atoms with Gasteiger partial charge in [-0.25, -0.2) is 4.79 Å². The minimum absolute atomic E-state index is 0.112. The number of hydrogen-bond acceptors (Lipinski definition) is 4. The topological polar surface area (TPSA) is 59.5 Å². The number of ether oxygens (including phenoxy) is 1. The molecule has 0 aliphatic heterocycles. The molecule has 0 N–H and O–H groups in total. The van der Waals surface area contributed by atoms with E-state index in [0.717, 1.165) is 9.13 Å². The molecule has 0 saturated heterocycles. The standard InChI is InChI=1S/C22H19IN2O3/c1-2-28-22(27)17-6-8-20(9-7-17)25(15-16-10-12-24-13-11-16)21(26)18-4-3-5-19(23)14-18/h3-14H,2,15H2,1H3. The molecule has 3 aromatic rings. The van der Waals surface area contributed by atoms with Crippen LogP contribution >= 0.6 is 22.6 Å². The van der Waals surface area contributed by atoms with Crippen molar-refractivity contribution >= 4 is 40.2 Å². The van der Waals surface area contributed by atoms with Gasteiger partial charge in [-0.2, -0.15) is 0 Å². The van der Waals surface area contributed by atoms with Crippen LogP contribution in [0.4, 0.5) is 5.69 Å². The Hall–Kier alpha value is -2.74. The predicted molar refractivity (Wildman–Crippen MR) is 116 cm³/mol. The molecule has 0 aliphatic carbocycles. The molecular weight excluding hydrogens is 467 g/mol. The van der Waals surface area contributed by atoms with Crippen LogP contribution in [-0.4, -0.2) is 23.5 Å². The minimum Gasteiger partial charge on any atom is -0.462 e. The normalized spacial score (nSPS) is 10.4. The van der Waals surface area contributed by atoms with Crippen molar-refractivity contribution in [1.29, 1.82) is 0 Å². The van der Waals surface area contributed by atoms with Crippen LogP contribution in [-0.2, 0) is 11.3 Å². The van der Waals surface area contributed by atoms with Crippen LogP contribution in [0.2, 0.25) is 0 Å². The molecule has 142 valence electrons. The van der Waals surface area contributed by atoms with Gasteiger partial charge in [0.05, 0.1) is 18.7 Å². The number of halogens is 1. The van der Waals surface area contributed by atoms with Gasteiger partial charge in [0.25, 0.3) is 5.91 Å². The Morgan fingerprint density at radius 3 is 2.36 bits per heavy atom. The Balaban J connectivity index is 1.94. The SMILES string of the molecule is CCOC(=O)c1ccc(N(Cc2ccncc2)C(=O)c2cccc(I)c2)cc1. The molecule has 1 amide bonds. The number of rotatable bonds is 6. The van der Waals surface area contributed by atoms with Crippen LogP contribution < -0.4 is 4.90 Å². The molecule has 1 heterocycles. The van der Waals surface area contributed by atoms with E-state index in [4.69, 9.17) is 4.74 Å². The molecule has 3 rings (SSSR count). The molecule has 0 unspecified atom stereocenters. The van der Waals surface area contributed by atoms with E-state index in [1.807, 2.05) is 30.3 Å². The number of anilines is 1. The fraction of sp³-hybridized carbons (Fsp3) is 0.136. The lowest BCUT2D eigenvalue weighted by Gasteiger charge is -2.23. The van der Waals surface area contributed by atoms with Gasteiger partial charge in [0.1, 0.15) is 0 Å². The first-order valence-electron chi connectivity index (χ1n) is 8.82. The third-order valence-electron chi connectivity index (χ3n) is 4.10. The number of aromatic nitrogens is 1. The summed E-state index contributed by atoms with van der Waals surface area (Å²) in [6.07, 6.45) is 3.40. The van der Waals surface area contributed by atoms with Gasteiger partial charge in [-0.05, 0) is 89.7 Å². The molecule has 2 aromatic carbocycles. The van der Waals surface area contributed by atoms with E-state index in [1.54, 1.807) is 54.5 Å². The summed E-state index contributed by atoms with van der Waals surface area (Å²) in [5.74, 6) is -0.488. The average Bonchev–Trinajstić information content (AvgIpc) is 2.72. The van der Waals surface area contributed by atoms with Gasteiger partial charge in [-0.1, -0.05) is 6.07 Å². The molecule has 6 heteroatoms. The fourth-order valence-corrected chi connectivity index (χ4v) is 3.26. The van der Waals surface area contributed by atoms with Crippen molar-refractivity contribution in [3.05, 3.63) is 93.3 Å². The molecule has 1 aromatic heterocycles. The van der Waals surface area contributed by atoms with Crippen LogP contribution in [0.15, 0.2) is 73.1 Å². The molecule has 0 atom stereocenters. The summed E-state index contributed by atoms with van der Waals surface area (Å²) >= 11 is 2.19. The van der Waals surface area contributed by atoms with Crippen molar-refractivity contribution in [2.75, 3.05) is 11.5 Å². The first-order chi connectivity index (χ1) is 13.6. The molecule has 0 fully saturated rings. The van der Waals surface area contributed by atoms with Gasteiger partial charge < -0.3 is 9.64 Å². The summed E-state index contributed by atoms with van der Waals surface area (Å²) in [5.41, 5.74) is 2.73. The molecule has 0 spiro atoms. The highest BCUT2D eigenvalue weighted by Gasteiger charge is 2.19. The van der Waals surface area contributed by atoms with Crippen LogP contribution in [0.5, 0.6) is 0 Å². The zero-order valence-electron chi connectivity index (χ0n) is 15.3. The highest BCUT2D eigenvalue weighted by atomic mass is 127. The Bertz CT molecular complexity index is 959. The molecule has 0 saturated carbocycles. The van der Waals surface area contributed by atoms with Crippen LogP contribution in [0, 0.1) is 3.57 Å². The van der Waals surface area contributed by atoms with Crippen LogP contribution in [0.1, 0.15) is 33.2 Å². The van der Waals surface area contributed by atoms with Gasteiger partial charge in [-0.15, -0.1) is 0 Å². The summed E-state index contributed by atoms with van der Waals surface area (Å²) in [7, 11) is 0. The fourth-order valence-electron chi connectivity index (χ4n) is 2.72. The first-order valence-corrected chi connectivity index (χ1v) is 9.90. The van der Waals surface area contributed by atoms with E-state index >= 15 is 0 Å². The zero-order valence-corrected chi connectivity index (χ0v) is 17.5. The quantitative estimate of drug-likeness (QED) is 0.374. The molecule has 5 nitrogen and oxygen atoms in total. The van der Waals surface area contributed by atoms with Crippen molar-refractivity contribution < 1.29 is 14.3 Å². The second kappa shape index (κ2) is 9.45. The van der Waals surface area contributed by atoms with Gasteiger partial charge >= 0.3 is 5.97 Å². The lowest BCUT2D eigenvalue weighted by Crippen LogP contribution is -2.30. The number of nitrogens with zero attached hydrogens (tertiary/aromatic N) is 2. The smallest absolute Gasteiger partial charge is 0.338 e. The van der Waals surface area contributed by atoms with Gasteiger partial charge in [0.15, 0.2) is 0 Å². The Morgan fingerprint density at radius 1 is 1.00 bits per heavy atom. The summed E-state index contributed by atoms with van der Waals surface area (Å²) in [4.78, 5) is 30.9. The monoisotopic (exact) mass is 486 g/mol. The van der Waals surface area contributed by atoms with Crippen LogP contribution in [0.3, 0.4) is 0 Å². The number of benzene rings is 2. The van der Waals surface area contributed by atoms with Crippen molar-refractivity contribution in [2.24, 2.45) is 0 Å².